The summed E-state index contributed by atoms with van der Waals surface area (Å²) in [7, 11) is -1.42. The van der Waals surface area contributed by atoms with Crippen LogP contribution in [0, 0.1) is 0 Å². The van der Waals surface area contributed by atoms with Crippen LogP contribution in [0.2, 0.25) is 0 Å². The molecule has 3 nitrogen and oxygen atoms in total. The minimum atomic E-state index is -1.42. The molecule has 110 valence electrons. The van der Waals surface area contributed by atoms with Gasteiger partial charge in [-0.25, -0.2) is 0 Å². The van der Waals surface area contributed by atoms with Crippen LogP contribution in [0.25, 0.3) is 0 Å². The summed E-state index contributed by atoms with van der Waals surface area (Å²) in [5.74, 6) is 0. The van der Waals surface area contributed by atoms with Crippen molar-refractivity contribution in [3.63, 3.8) is 0 Å². The van der Waals surface area contributed by atoms with Gasteiger partial charge in [-0.1, -0.05) is 0 Å². The summed E-state index contributed by atoms with van der Waals surface area (Å²) in [5, 5.41) is 1.44. The van der Waals surface area contributed by atoms with Gasteiger partial charge in [0.2, 0.25) is 0 Å². The Bertz CT molecular complexity index is 328. The van der Waals surface area contributed by atoms with E-state index in [1.54, 1.807) is 0 Å². The topological polar surface area (TPSA) is 19.4 Å². The average Bonchev–Trinajstić information content (AvgIpc) is 2.42. The molecule has 1 aromatic heterocycles. The van der Waals surface area contributed by atoms with E-state index >= 15 is 0 Å². The largest absolute Gasteiger partial charge is 1.00 e. The lowest BCUT2D eigenvalue weighted by Crippen LogP contribution is -3.00. The van der Waals surface area contributed by atoms with Crippen molar-refractivity contribution in [3.05, 3.63) is 24.5 Å². The summed E-state index contributed by atoms with van der Waals surface area (Å²) >= 11 is 0. The Morgan fingerprint density at radius 1 is 0.895 bits per heavy atom. The SMILES string of the molecule is CCN(CC)[P+](C)(c1ccncc1)N(CC)CC.[I-]. The van der Waals surface area contributed by atoms with Crippen LogP contribution in [0.3, 0.4) is 0 Å². The summed E-state index contributed by atoms with van der Waals surface area (Å²) in [6.45, 7) is 15.8. The molecule has 0 bridgehead atoms. The first-order chi connectivity index (χ1) is 8.64. The second-order valence-corrected chi connectivity index (χ2v) is 7.87. The molecule has 0 saturated heterocycles. The molecule has 0 saturated carbocycles. The van der Waals surface area contributed by atoms with Gasteiger partial charge in [-0.2, -0.15) is 9.34 Å². The van der Waals surface area contributed by atoms with Crippen molar-refractivity contribution in [2.45, 2.75) is 27.7 Å². The number of rotatable bonds is 7. The van der Waals surface area contributed by atoms with E-state index < -0.39 is 7.56 Å². The van der Waals surface area contributed by atoms with Gasteiger partial charge in [-0.3, -0.25) is 4.98 Å². The Morgan fingerprint density at radius 3 is 1.58 bits per heavy atom. The molecule has 0 radical (unpaired) electrons. The van der Waals surface area contributed by atoms with Gasteiger partial charge in [-0.15, -0.1) is 0 Å². The van der Waals surface area contributed by atoms with Crippen LogP contribution in [-0.4, -0.2) is 47.2 Å². The first-order valence-electron chi connectivity index (χ1n) is 6.92. The fourth-order valence-electron chi connectivity index (χ4n) is 2.68. The Hall–Kier alpha value is 0.230. The van der Waals surface area contributed by atoms with E-state index in [2.05, 4.69) is 60.8 Å². The fourth-order valence-corrected chi connectivity index (χ4v) is 6.59. The number of hydrogen-bond donors (Lipinski definition) is 0. The van der Waals surface area contributed by atoms with Gasteiger partial charge in [0, 0.05) is 50.7 Å². The maximum absolute atomic E-state index is 4.16. The minimum absolute atomic E-state index is 0. The quantitative estimate of drug-likeness (QED) is 0.474. The van der Waals surface area contributed by atoms with Crippen molar-refractivity contribution in [2.75, 3.05) is 32.8 Å². The smallest absolute Gasteiger partial charge is 0.182 e. The molecule has 1 rings (SSSR count). The third kappa shape index (κ3) is 4.10. The van der Waals surface area contributed by atoms with Crippen LogP contribution in [0.15, 0.2) is 24.5 Å². The highest BCUT2D eigenvalue weighted by Crippen LogP contribution is 2.59. The molecule has 0 aromatic carbocycles. The van der Waals surface area contributed by atoms with Crippen LogP contribution in [0.4, 0.5) is 0 Å². The second-order valence-electron chi connectivity index (χ2n) is 4.40. The van der Waals surface area contributed by atoms with Crippen molar-refractivity contribution >= 4 is 12.9 Å². The van der Waals surface area contributed by atoms with Crippen molar-refractivity contribution in [3.8, 4) is 0 Å². The van der Waals surface area contributed by atoms with Gasteiger partial charge in [0.15, 0.2) is 7.56 Å². The van der Waals surface area contributed by atoms with E-state index in [0.29, 0.717) is 0 Å². The van der Waals surface area contributed by atoms with E-state index in [1.165, 1.54) is 5.30 Å². The minimum Gasteiger partial charge on any atom is -1.00 e. The maximum atomic E-state index is 4.16. The van der Waals surface area contributed by atoms with Crippen LogP contribution >= 0.6 is 7.56 Å². The van der Waals surface area contributed by atoms with Crippen molar-refractivity contribution in [2.24, 2.45) is 0 Å². The van der Waals surface area contributed by atoms with E-state index in [4.69, 9.17) is 0 Å². The standard InChI is InChI=1S/C14H27N3P.HI/c1-6-16(7-2)18(5,17(8-3)9-4)14-10-12-15-13-11-14;/h10-13H,6-9H2,1-5H3;1H/q+1;/p-1. The molecular weight excluding hydrogens is 368 g/mol. The summed E-state index contributed by atoms with van der Waals surface area (Å²) in [5.41, 5.74) is 0. The summed E-state index contributed by atoms with van der Waals surface area (Å²) in [6, 6.07) is 4.37. The lowest BCUT2D eigenvalue weighted by molar-refractivity contribution is -0.00000436. The zero-order valence-corrected chi connectivity index (χ0v) is 15.9. The monoisotopic (exact) mass is 395 g/mol. The second kappa shape index (κ2) is 9.22. The molecule has 5 heteroatoms. The molecule has 19 heavy (non-hydrogen) atoms. The van der Waals surface area contributed by atoms with E-state index in [1.807, 2.05) is 12.4 Å². The molecule has 0 N–H and O–H groups in total. The fraction of sp³-hybridized carbons (Fsp3) is 0.643. The molecule has 0 aliphatic carbocycles. The third-order valence-electron chi connectivity index (χ3n) is 3.71. The number of nitrogens with zero attached hydrogens (tertiary/aromatic N) is 3. The first-order valence-corrected chi connectivity index (χ1v) is 9.07. The lowest BCUT2D eigenvalue weighted by atomic mass is 10.5. The van der Waals surface area contributed by atoms with Crippen LogP contribution in [0.1, 0.15) is 27.7 Å². The number of aromatic nitrogens is 1. The van der Waals surface area contributed by atoms with E-state index in [9.17, 15) is 0 Å². The summed E-state index contributed by atoms with van der Waals surface area (Å²) < 4.78 is 5.24. The van der Waals surface area contributed by atoms with Gasteiger partial charge in [0.25, 0.3) is 0 Å². The predicted molar refractivity (Wildman–Crippen MR) is 82.6 cm³/mol. The highest BCUT2D eigenvalue weighted by molar-refractivity contribution is 7.78. The molecule has 0 aliphatic rings. The molecule has 0 aliphatic heterocycles. The summed E-state index contributed by atoms with van der Waals surface area (Å²) in [6.07, 6.45) is 3.83. The lowest BCUT2D eigenvalue weighted by Gasteiger charge is -2.39. The predicted octanol–water partition coefficient (Wildman–Crippen LogP) is -0.128. The normalized spacial score (nSPS) is 11.7. The van der Waals surface area contributed by atoms with Crippen LogP contribution in [0.5, 0.6) is 0 Å². The van der Waals surface area contributed by atoms with Gasteiger partial charge < -0.3 is 24.0 Å². The Kier molecular flexibility index (Phi) is 9.33. The molecule has 0 spiro atoms. The highest BCUT2D eigenvalue weighted by atomic mass is 127. The van der Waals surface area contributed by atoms with Crippen molar-refractivity contribution < 1.29 is 24.0 Å². The van der Waals surface area contributed by atoms with Gasteiger partial charge in [-0.05, 0) is 27.7 Å². The molecule has 0 atom stereocenters. The van der Waals surface area contributed by atoms with Crippen molar-refractivity contribution in [1.29, 1.82) is 0 Å². The number of pyridine rings is 1. The Balaban J connectivity index is 0.00000324. The van der Waals surface area contributed by atoms with Gasteiger partial charge in [0.05, 0.1) is 6.66 Å². The average molecular weight is 395 g/mol. The maximum Gasteiger partial charge on any atom is 0.182 e. The van der Waals surface area contributed by atoms with Gasteiger partial charge >= 0.3 is 0 Å². The molecular formula is C14H27IN3P. The third-order valence-corrected chi connectivity index (χ3v) is 8.32. The molecule has 0 fully saturated rings. The summed E-state index contributed by atoms with van der Waals surface area (Å²) in [4.78, 5) is 4.16. The Morgan fingerprint density at radius 2 is 1.26 bits per heavy atom. The highest BCUT2D eigenvalue weighted by Gasteiger charge is 2.45. The molecule has 0 amide bonds. The van der Waals surface area contributed by atoms with E-state index in [0.717, 1.165) is 26.2 Å². The van der Waals surface area contributed by atoms with Crippen molar-refractivity contribution in [1.82, 2.24) is 14.3 Å². The zero-order chi connectivity index (χ0) is 13.6. The molecule has 1 heterocycles. The Labute approximate surface area is 136 Å². The van der Waals surface area contributed by atoms with Crippen LogP contribution < -0.4 is 29.3 Å². The van der Waals surface area contributed by atoms with Gasteiger partial charge in [0.1, 0.15) is 5.30 Å². The molecule has 1 aromatic rings. The number of hydrogen-bond acceptors (Lipinski definition) is 3. The van der Waals surface area contributed by atoms with E-state index in [-0.39, 0.29) is 24.0 Å². The first kappa shape index (κ1) is 19.2. The molecule has 0 unspecified atom stereocenters. The zero-order valence-electron chi connectivity index (χ0n) is 12.8. The van der Waals surface area contributed by atoms with Crippen LogP contribution in [-0.2, 0) is 0 Å². The number of halogens is 1.